The molecule has 0 unspecified atom stereocenters. The van der Waals surface area contributed by atoms with Crippen molar-refractivity contribution in [1.29, 1.82) is 0 Å². The number of hydrogen-bond acceptors (Lipinski definition) is 5. The Labute approximate surface area is 176 Å². The number of methoxy groups -OCH3 is 1. The van der Waals surface area contributed by atoms with Crippen molar-refractivity contribution in [3.63, 3.8) is 0 Å². The lowest BCUT2D eigenvalue weighted by molar-refractivity contribution is -0.120. The van der Waals surface area contributed by atoms with E-state index in [-0.39, 0.29) is 11.8 Å². The Balaban J connectivity index is 1.45. The molecule has 1 aliphatic heterocycles. The molecule has 1 aromatic heterocycles. The molecule has 1 fully saturated rings. The van der Waals surface area contributed by atoms with Gasteiger partial charge in [-0.3, -0.25) is 4.79 Å². The molecule has 2 heterocycles. The number of aryl methyl sites for hydroxylation is 1. The van der Waals surface area contributed by atoms with Crippen molar-refractivity contribution in [2.24, 2.45) is 5.92 Å². The molecule has 154 valence electrons. The van der Waals surface area contributed by atoms with Crippen molar-refractivity contribution in [1.82, 2.24) is 9.97 Å². The van der Waals surface area contributed by atoms with Gasteiger partial charge in [-0.25, -0.2) is 9.97 Å². The lowest BCUT2D eigenvalue weighted by Gasteiger charge is -2.33. The van der Waals surface area contributed by atoms with Crippen LogP contribution in [0.25, 0.3) is 11.4 Å². The maximum Gasteiger partial charge on any atom is 0.229 e. The van der Waals surface area contributed by atoms with Crippen LogP contribution in [0.3, 0.4) is 0 Å². The maximum absolute atomic E-state index is 12.8. The van der Waals surface area contributed by atoms with E-state index in [0.717, 1.165) is 42.2 Å². The number of ether oxygens (including phenoxy) is 1. The van der Waals surface area contributed by atoms with Gasteiger partial charge in [0.25, 0.3) is 0 Å². The topological polar surface area (TPSA) is 67.3 Å². The number of amides is 1. The quantitative estimate of drug-likeness (QED) is 0.689. The Morgan fingerprint density at radius 3 is 2.60 bits per heavy atom. The van der Waals surface area contributed by atoms with E-state index >= 15 is 0 Å². The van der Waals surface area contributed by atoms with Crippen LogP contribution in [0.1, 0.15) is 18.4 Å². The van der Waals surface area contributed by atoms with E-state index in [0.29, 0.717) is 12.4 Å². The third kappa shape index (κ3) is 4.59. The summed E-state index contributed by atoms with van der Waals surface area (Å²) in [5, 5.41) is 3.02. The number of nitrogens with zero attached hydrogens (tertiary/aromatic N) is 3. The summed E-state index contributed by atoms with van der Waals surface area (Å²) in [5.41, 5.74) is 2.98. The zero-order valence-corrected chi connectivity index (χ0v) is 17.3. The van der Waals surface area contributed by atoms with Crippen molar-refractivity contribution in [3.8, 4) is 17.1 Å². The molecule has 4 rings (SSSR count). The first-order valence-corrected chi connectivity index (χ1v) is 10.2. The van der Waals surface area contributed by atoms with Crippen molar-refractivity contribution >= 4 is 17.4 Å². The smallest absolute Gasteiger partial charge is 0.229 e. The molecule has 1 amide bonds. The van der Waals surface area contributed by atoms with Gasteiger partial charge in [0.15, 0.2) is 5.82 Å². The van der Waals surface area contributed by atoms with Crippen LogP contribution in [0, 0.1) is 12.8 Å². The molecule has 1 saturated heterocycles. The fraction of sp³-hybridized carbons (Fsp3) is 0.292. The molecule has 3 aromatic rings. The number of nitrogens with one attached hydrogen (secondary N) is 1. The average Bonchev–Trinajstić information content (AvgIpc) is 2.80. The minimum absolute atomic E-state index is 0.0395. The van der Waals surface area contributed by atoms with Gasteiger partial charge in [-0.2, -0.15) is 0 Å². The van der Waals surface area contributed by atoms with E-state index in [4.69, 9.17) is 9.72 Å². The molecule has 1 aliphatic rings. The minimum atomic E-state index is -0.0846. The first-order valence-electron chi connectivity index (χ1n) is 10.2. The van der Waals surface area contributed by atoms with E-state index in [1.165, 1.54) is 5.56 Å². The molecule has 6 heteroatoms. The molecule has 0 spiro atoms. The molecule has 0 saturated carbocycles. The van der Waals surface area contributed by atoms with E-state index in [2.05, 4.69) is 34.3 Å². The number of carbonyl (C=O) groups is 1. The number of rotatable bonds is 5. The second-order valence-electron chi connectivity index (χ2n) is 7.61. The number of benzene rings is 2. The normalized spacial score (nSPS) is 16.2. The lowest BCUT2D eigenvalue weighted by Crippen LogP contribution is -2.41. The van der Waals surface area contributed by atoms with Crippen LogP contribution >= 0.6 is 0 Å². The van der Waals surface area contributed by atoms with E-state index in [9.17, 15) is 4.79 Å². The number of aromatic nitrogens is 2. The van der Waals surface area contributed by atoms with Gasteiger partial charge in [0.05, 0.1) is 13.0 Å². The highest BCUT2D eigenvalue weighted by atomic mass is 16.5. The fourth-order valence-corrected chi connectivity index (χ4v) is 3.68. The number of anilines is 2. The Morgan fingerprint density at radius 1 is 1.10 bits per heavy atom. The molecular formula is C24H26N4O2. The first kappa shape index (κ1) is 19.9. The zero-order chi connectivity index (χ0) is 20.9. The Kier molecular flexibility index (Phi) is 5.93. The van der Waals surface area contributed by atoms with Crippen molar-refractivity contribution in [2.45, 2.75) is 19.8 Å². The summed E-state index contributed by atoms with van der Waals surface area (Å²) < 4.78 is 5.17. The summed E-state index contributed by atoms with van der Waals surface area (Å²) >= 11 is 0. The maximum atomic E-state index is 12.8. The second kappa shape index (κ2) is 8.95. The molecule has 0 bridgehead atoms. The van der Waals surface area contributed by atoms with Crippen LogP contribution in [0.5, 0.6) is 5.75 Å². The van der Waals surface area contributed by atoms with Crippen LogP contribution in [0.15, 0.2) is 60.8 Å². The first-order chi connectivity index (χ1) is 14.6. The zero-order valence-electron chi connectivity index (χ0n) is 17.3. The molecule has 1 N–H and O–H groups in total. The average molecular weight is 402 g/mol. The molecule has 2 aromatic carbocycles. The summed E-state index contributed by atoms with van der Waals surface area (Å²) in [4.78, 5) is 24.2. The van der Waals surface area contributed by atoms with Gasteiger partial charge >= 0.3 is 0 Å². The second-order valence-corrected chi connectivity index (χ2v) is 7.61. The number of carbonyl (C=O) groups excluding carboxylic acids is 1. The van der Waals surface area contributed by atoms with Crippen molar-refractivity contribution < 1.29 is 9.53 Å². The van der Waals surface area contributed by atoms with E-state index < -0.39 is 0 Å². The van der Waals surface area contributed by atoms with Gasteiger partial charge in [0, 0.05) is 30.5 Å². The lowest BCUT2D eigenvalue weighted by atomic mass is 9.97. The van der Waals surface area contributed by atoms with E-state index in [1.807, 2.05) is 42.5 Å². The third-order valence-corrected chi connectivity index (χ3v) is 5.42. The van der Waals surface area contributed by atoms with Gasteiger partial charge in [0.2, 0.25) is 5.91 Å². The summed E-state index contributed by atoms with van der Waals surface area (Å²) in [6.45, 7) is 3.59. The summed E-state index contributed by atoms with van der Waals surface area (Å²) in [7, 11) is 1.63. The Morgan fingerprint density at radius 2 is 1.87 bits per heavy atom. The van der Waals surface area contributed by atoms with Crippen LogP contribution in [-0.2, 0) is 4.79 Å². The molecule has 0 radical (unpaired) electrons. The number of piperidine rings is 1. The predicted octanol–water partition coefficient (Wildman–Crippen LogP) is 4.32. The molecule has 30 heavy (non-hydrogen) atoms. The monoisotopic (exact) mass is 402 g/mol. The molecule has 1 atom stereocenters. The summed E-state index contributed by atoms with van der Waals surface area (Å²) in [6, 6.07) is 17.5. The minimum Gasteiger partial charge on any atom is -0.497 e. The Bertz CT molecular complexity index is 1000. The Hall–Kier alpha value is -3.41. The van der Waals surface area contributed by atoms with E-state index in [1.54, 1.807) is 13.3 Å². The van der Waals surface area contributed by atoms with Gasteiger partial charge in [-0.05, 0) is 50.1 Å². The van der Waals surface area contributed by atoms with Gasteiger partial charge in [-0.15, -0.1) is 0 Å². The van der Waals surface area contributed by atoms with Crippen LogP contribution in [0.4, 0.5) is 11.5 Å². The molecule has 6 nitrogen and oxygen atoms in total. The predicted molar refractivity (Wildman–Crippen MR) is 119 cm³/mol. The fourth-order valence-electron chi connectivity index (χ4n) is 3.68. The van der Waals surface area contributed by atoms with Gasteiger partial charge < -0.3 is 15.0 Å². The largest absolute Gasteiger partial charge is 0.497 e. The van der Waals surface area contributed by atoms with Crippen molar-refractivity contribution in [3.05, 3.63) is 66.4 Å². The summed E-state index contributed by atoms with van der Waals surface area (Å²) in [5.74, 6) is 2.29. The van der Waals surface area contributed by atoms with Crippen LogP contribution in [-0.4, -0.2) is 36.1 Å². The highest BCUT2D eigenvalue weighted by molar-refractivity contribution is 5.93. The van der Waals surface area contributed by atoms with Crippen LogP contribution in [0.2, 0.25) is 0 Å². The summed E-state index contributed by atoms with van der Waals surface area (Å²) in [6.07, 6.45) is 3.61. The van der Waals surface area contributed by atoms with Crippen LogP contribution < -0.4 is 15.0 Å². The van der Waals surface area contributed by atoms with Gasteiger partial charge in [0.1, 0.15) is 11.6 Å². The highest BCUT2D eigenvalue weighted by Gasteiger charge is 2.27. The van der Waals surface area contributed by atoms with Crippen molar-refractivity contribution in [2.75, 3.05) is 30.4 Å². The third-order valence-electron chi connectivity index (χ3n) is 5.42. The SMILES string of the molecule is COc1ccc(NC(=O)[C@@H]2CCCN(c3ccnc(-c4ccc(C)cc4)n3)C2)cc1. The standard InChI is InChI=1S/C24H26N4O2/c1-17-5-7-18(8-6-17)23-25-14-13-22(27-23)28-15-3-4-19(16-28)24(29)26-20-9-11-21(30-2)12-10-20/h5-14,19H,3-4,15-16H2,1-2H3,(H,26,29)/t19-/m1/s1. The molecular weight excluding hydrogens is 376 g/mol. The number of hydrogen-bond donors (Lipinski definition) is 1. The highest BCUT2D eigenvalue weighted by Crippen LogP contribution is 2.25. The van der Waals surface area contributed by atoms with Gasteiger partial charge in [-0.1, -0.05) is 29.8 Å². The molecule has 0 aliphatic carbocycles.